The van der Waals surface area contributed by atoms with E-state index < -0.39 is 12.2 Å². The average molecular weight is 397 g/mol. The van der Waals surface area contributed by atoms with Gasteiger partial charge < -0.3 is 19.7 Å². The number of carbonyl (C=O) groups is 1. The summed E-state index contributed by atoms with van der Waals surface area (Å²) in [6.07, 6.45) is 14.7. The second-order valence-electron chi connectivity index (χ2n) is 8.12. The van der Waals surface area contributed by atoms with Gasteiger partial charge in [0, 0.05) is 25.9 Å². The fourth-order valence-corrected chi connectivity index (χ4v) is 3.84. The molecule has 0 aliphatic heterocycles. The van der Waals surface area contributed by atoms with Crippen molar-refractivity contribution in [2.24, 2.45) is 11.8 Å². The quantitative estimate of drug-likeness (QED) is 0.277. The van der Waals surface area contributed by atoms with E-state index in [2.05, 4.69) is 30.7 Å². The Morgan fingerprint density at radius 2 is 1.89 bits per heavy atom. The number of methoxy groups -OCH3 is 2. The van der Waals surface area contributed by atoms with Gasteiger partial charge in [-0.05, 0) is 38.5 Å². The molecule has 1 unspecified atom stereocenters. The van der Waals surface area contributed by atoms with Crippen molar-refractivity contribution < 1.29 is 24.5 Å². The van der Waals surface area contributed by atoms with Gasteiger partial charge in [-0.25, -0.2) is 0 Å². The summed E-state index contributed by atoms with van der Waals surface area (Å²) >= 11 is 0. The minimum atomic E-state index is -0.527. The molecule has 5 nitrogen and oxygen atoms in total. The number of allylic oxidation sites excluding steroid dienone is 2. The average Bonchev–Trinajstić information content (AvgIpc) is 2.95. The molecule has 1 rings (SSSR count). The predicted molar refractivity (Wildman–Crippen MR) is 112 cm³/mol. The third kappa shape index (κ3) is 8.46. The van der Waals surface area contributed by atoms with Gasteiger partial charge in [-0.15, -0.1) is 0 Å². The van der Waals surface area contributed by atoms with Crippen LogP contribution in [0.4, 0.5) is 0 Å². The maximum absolute atomic E-state index is 11.1. The third-order valence-corrected chi connectivity index (χ3v) is 5.88. The Hall–Kier alpha value is -1.17. The van der Waals surface area contributed by atoms with Crippen LogP contribution in [0.25, 0.3) is 0 Å². The van der Waals surface area contributed by atoms with E-state index in [1.807, 2.05) is 12.2 Å². The van der Waals surface area contributed by atoms with Gasteiger partial charge in [0.15, 0.2) is 0 Å². The van der Waals surface area contributed by atoms with Crippen molar-refractivity contribution >= 4 is 5.97 Å². The number of hydrogen-bond acceptors (Lipinski definition) is 5. The van der Waals surface area contributed by atoms with Crippen molar-refractivity contribution in [1.82, 2.24) is 0 Å². The molecule has 0 aromatic carbocycles. The highest BCUT2D eigenvalue weighted by Crippen LogP contribution is 2.37. The van der Waals surface area contributed by atoms with Gasteiger partial charge in [0.05, 0.1) is 24.9 Å². The molecule has 1 aliphatic rings. The Morgan fingerprint density at radius 1 is 1.14 bits per heavy atom. The lowest BCUT2D eigenvalue weighted by Gasteiger charge is -2.26. The first-order valence-electron chi connectivity index (χ1n) is 10.7. The van der Waals surface area contributed by atoms with Crippen molar-refractivity contribution in [3.05, 3.63) is 24.3 Å². The highest BCUT2D eigenvalue weighted by Gasteiger charge is 2.39. The molecular formula is C23H40O5. The summed E-state index contributed by atoms with van der Waals surface area (Å²) in [7, 11) is 3.13. The van der Waals surface area contributed by atoms with Crippen LogP contribution in [0.2, 0.25) is 0 Å². The molecule has 0 bridgehead atoms. The number of esters is 1. The molecule has 28 heavy (non-hydrogen) atoms. The first kappa shape index (κ1) is 24.9. The van der Waals surface area contributed by atoms with Crippen LogP contribution in [0.15, 0.2) is 24.3 Å². The maximum Gasteiger partial charge on any atom is 0.305 e. The van der Waals surface area contributed by atoms with Crippen molar-refractivity contribution in [1.29, 1.82) is 0 Å². The van der Waals surface area contributed by atoms with Crippen molar-refractivity contribution in [3.63, 3.8) is 0 Å². The number of aliphatic hydroxyl groups excluding tert-OH is 2. The molecule has 1 saturated carbocycles. The topological polar surface area (TPSA) is 76.0 Å². The zero-order valence-electron chi connectivity index (χ0n) is 18.1. The maximum atomic E-state index is 11.1. The molecule has 0 spiro atoms. The predicted octanol–water partition coefficient (Wildman–Crippen LogP) is 4.18. The lowest BCUT2D eigenvalue weighted by Crippen LogP contribution is -2.26. The van der Waals surface area contributed by atoms with E-state index in [1.165, 1.54) is 20.0 Å². The Balaban J connectivity index is 2.61. The molecule has 0 saturated heterocycles. The third-order valence-electron chi connectivity index (χ3n) is 5.88. The number of unbranched alkanes of at least 4 members (excludes halogenated alkanes) is 3. The molecule has 1 fully saturated rings. The molecule has 5 atom stereocenters. The Kier molecular flexibility index (Phi) is 11.7. The van der Waals surface area contributed by atoms with E-state index in [0.29, 0.717) is 19.3 Å². The van der Waals surface area contributed by atoms with Crippen LogP contribution in [0.1, 0.15) is 71.6 Å². The number of rotatable bonds is 13. The fourth-order valence-electron chi connectivity index (χ4n) is 3.84. The molecule has 1 aliphatic carbocycles. The van der Waals surface area contributed by atoms with Crippen LogP contribution < -0.4 is 0 Å². The summed E-state index contributed by atoms with van der Waals surface area (Å²) in [5.41, 5.74) is -0.337. The highest BCUT2D eigenvalue weighted by atomic mass is 16.5. The molecule has 0 radical (unpaired) electrons. The molecule has 0 amide bonds. The van der Waals surface area contributed by atoms with Crippen LogP contribution in [0.3, 0.4) is 0 Å². The lowest BCUT2D eigenvalue weighted by atomic mass is 9.87. The van der Waals surface area contributed by atoms with Gasteiger partial charge in [-0.1, -0.05) is 50.5 Å². The molecule has 5 heteroatoms. The molecule has 2 N–H and O–H groups in total. The minimum Gasteiger partial charge on any atom is -0.469 e. The molecule has 0 aromatic rings. The van der Waals surface area contributed by atoms with E-state index in [-0.39, 0.29) is 23.4 Å². The van der Waals surface area contributed by atoms with Gasteiger partial charge in [0.2, 0.25) is 0 Å². The summed E-state index contributed by atoms with van der Waals surface area (Å²) in [4.78, 5) is 11.1. The van der Waals surface area contributed by atoms with E-state index in [1.54, 1.807) is 7.11 Å². The zero-order chi connectivity index (χ0) is 21.0. The summed E-state index contributed by atoms with van der Waals surface area (Å²) in [6.45, 7) is 4.26. The van der Waals surface area contributed by atoms with Gasteiger partial charge in [0.25, 0.3) is 0 Å². The van der Waals surface area contributed by atoms with Crippen LogP contribution in [0.5, 0.6) is 0 Å². The van der Waals surface area contributed by atoms with E-state index in [9.17, 15) is 15.0 Å². The number of hydrogen-bond donors (Lipinski definition) is 2. The van der Waals surface area contributed by atoms with Crippen LogP contribution in [-0.4, -0.2) is 48.2 Å². The van der Waals surface area contributed by atoms with Crippen LogP contribution in [0, 0.1) is 11.8 Å². The van der Waals surface area contributed by atoms with E-state index >= 15 is 0 Å². The summed E-state index contributed by atoms with van der Waals surface area (Å²) in [5.74, 6) is -0.261. The number of ether oxygens (including phenoxy) is 2. The fraction of sp³-hybridized carbons (Fsp3) is 0.783. The monoisotopic (exact) mass is 396 g/mol. The standard InChI is InChI=1S/C23H40O5/c1-5-6-11-15-23(2,28-4)16-14-19-18(20(24)17-21(19)25)12-9-7-8-10-13-22(26)27-3/h7,9,14,16,18-21,24-25H,5-6,8,10-13,15,17H2,1-4H3/b9-7-,16-14+/t18-,19-,20+,21-,23?/m1/s1. The number of carbonyl (C=O) groups excluding carboxylic acids is 1. The highest BCUT2D eigenvalue weighted by molar-refractivity contribution is 5.69. The Morgan fingerprint density at radius 3 is 2.54 bits per heavy atom. The minimum absolute atomic E-state index is 0.000134. The number of aliphatic hydroxyl groups is 2. The van der Waals surface area contributed by atoms with Crippen LogP contribution in [-0.2, 0) is 14.3 Å². The molecular weight excluding hydrogens is 356 g/mol. The summed E-state index contributed by atoms with van der Waals surface area (Å²) < 4.78 is 10.3. The molecule has 0 aromatic heterocycles. The van der Waals surface area contributed by atoms with Crippen LogP contribution >= 0.6 is 0 Å². The SMILES string of the molecule is CCCCCC(C)(/C=C/[C@@H]1[C@@H](C/C=C\CCCC(=O)OC)[C@@H](O)C[C@H]1O)OC. The summed E-state index contributed by atoms with van der Waals surface area (Å²) in [6, 6.07) is 0. The first-order valence-corrected chi connectivity index (χ1v) is 10.7. The first-order chi connectivity index (χ1) is 13.4. The second-order valence-corrected chi connectivity index (χ2v) is 8.12. The Labute approximate surface area is 170 Å². The van der Waals surface area contributed by atoms with Gasteiger partial charge in [0.1, 0.15) is 0 Å². The van der Waals surface area contributed by atoms with Crippen molar-refractivity contribution in [2.75, 3.05) is 14.2 Å². The van der Waals surface area contributed by atoms with Gasteiger partial charge in [-0.3, -0.25) is 4.79 Å². The lowest BCUT2D eigenvalue weighted by molar-refractivity contribution is -0.140. The van der Waals surface area contributed by atoms with E-state index in [4.69, 9.17) is 4.74 Å². The van der Waals surface area contributed by atoms with Gasteiger partial charge >= 0.3 is 5.97 Å². The smallest absolute Gasteiger partial charge is 0.305 e. The normalized spacial score (nSPS) is 27.5. The Bertz CT molecular complexity index is 501. The largest absolute Gasteiger partial charge is 0.469 e. The zero-order valence-corrected chi connectivity index (χ0v) is 18.1. The molecule has 0 heterocycles. The van der Waals surface area contributed by atoms with E-state index in [0.717, 1.165) is 25.7 Å². The molecule has 162 valence electrons. The van der Waals surface area contributed by atoms with Gasteiger partial charge in [-0.2, -0.15) is 0 Å². The second kappa shape index (κ2) is 13.1. The van der Waals surface area contributed by atoms with Crippen molar-refractivity contribution in [2.45, 2.75) is 89.4 Å². The van der Waals surface area contributed by atoms with Crippen molar-refractivity contribution in [3.8, 4) is 0 Å². The summed E-state index contributed by atoms with van der Waals surface area (Å²) in [5, 5.41) is 20.8.